The molecule has 0 saturated carbocycles. The van der Waals surface area contributed by atoms with Gasteiger partial charge in [-0.25, -0.2) is 13.6 Å². The third kappa shape index (κ3) is 2.27. The number of sulfonamides is 1. The quantitative estimate of drug-likeness (QED) is 0.661. The Balaban J connectivity index is 3.28. The van der Waals surface area contributed by atoms with Gasteiger partial charge in [0.2, 0.25) is 10.0 Å². The summed E-state index contributed by atoms with van der Waals surface area (Å²) in [5.74, 6) is 0. The van der Waals surface area contributed by atoms with Gasteiger partial charge in [-0.15, -0.1) is 0 Å². The summed E-state index contributed by atoms with van der Waals surface area (Å²) < 4.78 is 21.9. The lowest BCUT2D eigenvalue weighted by atomic mass is 10.3. The Bertz CT molecular complexity index is 414. The Morgan fingerprint density at radius 3 is 2.46 bits per heavy atom. The minimum atomic E-state index is -3.80. The van der Waals surface area contributed by atoms with E-state index in [4.69, 9.17) is 5.14 Å². The molecule has 0 atom stereocenters. The van der Waals surface area contributed by atoms with Gasteiger partial charge in [0.1, 0.15) is 4.90 Å². The summed E-state index contributed by atoms with van der Waals surface area (Å²) in [5.41, 5.74) is 0.125. The van der Waals surface area contributed by atoms with Crippen LogP contribution < -0.4 is 10.5 Å². The average Bonchev–Trinajstić information content (AvgIpc) is 2.04. The minimum absolute atomic E-state index is 0.125. The number of anilines is 1. The molecule has 0 heterocycles. The first-order chi connectivity index (χ1) is 6.05. The highest BCUT2D eigenvalue weighted by Crippen LogP contribution is 2.17. The average molecular weight is 199 g/mol. The van der Waals surface area contributed by atoms with Gasteiger partial charge in [-0.05, 0) is 12.1 Å². The molecule has 0 aromatic heterocycles. The lowest BCUT2D eigenvalue weighted by Crippen LogP contribution is -2.14. The van der Waals surface area contributed by atoms with Crippen molar-refractivity contribution in [1.82, 2.24) is 0 Å². The Morgan fingerprint density at radius 2 is 1.92 bits per heavy atom. The molecule has 0 aliphatic heterocycles. The minimum Gasteiger partial charge on any atom is -0.317 e. The van der Waals surface area contributed by atoms with Crippen molar-refractivity contribution < 1.29 is 13.2 Å². The monoisotopic (exact) mass is 199 g/mol. The topological polar surface area (TPSA) is 89.3 Å². The summed E-state index contributed by atoms with van der Waals surface area (Å²) in [6.45, 7) is 0. The van der Waals surface area contributed by atoms with E-state index in [1.807, 2.05) is 0 Å². The zero-order valence-corrected chi connectivity index (χ0v) is 7.34. The molecule has 1 aromatic carbocycles. The fourth-order valence-corrected chi connectivity index (χ4v) is 1.57. The van der Waals surface area contributed by atoms with Crippen molar-refractivity contribution in [2.45, 2.75) is 4.90 Å². The summed E-state index contributed by atoms with van der Waals surface area (Å²) >= 11 is 0. The van der Waals surface area contributed by atoms with Crippen molar-refractivity contribution >= 4 is 22.1 Å². The lowest BCUT2D eigenvalue weighted by Gasteiger charge is -2.03. The van der Waals surface area contributed by atoms with Gasteiger partial charge in [0.25, 0.3) is 0 Å². The van der Waals surface area contributed by atoms with Gasteiger partial charge >= 0.3 is 6.41 Å². The van der Waals surface area contributed by atoms with E-state index in [1.54, 1.807) is 6.07 Å². The zero-order chi connectivity index (χ0) is 9.90. The van der Waals surface area contributed by atoms with Crippen LogP contribution in [-0.2, 0) is 14.8 Å². The maximum atomic E-state index is 10.9. The largest absolute Gasteiger partial charge is 0.317 e. The van der Waals surface area contributed by atoms with Gasteiger partial charge < -0.3 is 5.32 Å². The molecule has 13 heavy (non-hydrogen) atoms. The predicted molar refractivity (Wildman–Crippen MR) is 47.1 cm³/mol. The molecule has 1 aromatic rings. The van der Waals surface area contributed by atoms with Crippen LogP contribution in [0.5, 0.6) is 0 Å². The number of amides is 1. The fourth-order valence-electron chi connectivity index (χ4n) is 0.873. The van der Waals surface area contributed by atoms with Crippen molar-refractivity contribution in [1.29, 1.82) is 0 Å². The molecule has 69 valence electrons. The maximum Gasteiger partial charge on any atom is 0.314 e. The first-order valence-corrected chi connectivity index (χ1v) is 4.85. The van der Waals surface area contributed by atoms with Crippen LogP contribution in [0.4, 0.5) is 5.69 Å². The van der Waals surface area contributed by atoms with Crippen LogP contribution in [0, 0.1) is 0 Å². The number of nitrogens with one attached hydrogen (secondary N) is 1. The van der Waals surface area contributed by atoms with E-state index >= 15 is 0 Å². The number of nitrogens with two attached hydrogens (primary N) is 1. The normalized spacial score (nSPS) is 10.8. The third-order valence-electron chi connectivity index (χ3n) is 1.38. The van der Waals surface area contributed by atoms with Gasteiger partial charge in [-0.2, -0.15) is 0 Å². The number of hydrogen-bond donors (Lipinski definition) is 2. The molecule has 0 aliphatic carbocycles. The van der Waals surface area contributed by atoms with E-state index in [-0.39, 0.29) is 10.6 Å². The second kappa shape index (κ2) is 3.55. The molecule has 1 amide bonds. The van der Waals surface area contributed by atoms with Crippen molar-refractivity contribution in [3.63, 3.8) is 0 Å². The molecule has 5 nitrogen and oxygen atoms in total. The van der Waals surface area contributed by atoms with Crippen LogP contribution in [0.15, 0.2) is 29.2 Å². The first kappa shape index (κ1) is 9.69. The highest BCUT2D eigenvalue weighted by molar-refractivity contribution is 7.89. The molecule has 0 bridgehead atoms. The van der Waals surface area contributed by atoms with Gasteiger partial charge in [-0.3, -0.25) is 4.79 Å². The molecule has 6 heteroatoms. The van der Waals surface area contributed by atoms with Crippen LogP contribution in [0.25, 0.3) is 0 Å². The number of primary sulfonamides is 1. The van der Waals surface area contributed by atoms with E-state index in [0.29, 0.717) is 0 Å². The van der Waals surface area contributed by atoms with Crippen molar-refractivity contribution in [2.75, 3.05) is 5.32 Å². The number of para-hydroxylation sites is 1. The van der Waals surface area contributed by atoms with E-state index in [1.165, 1.54) is 24.6 Å². The SMILES string of the molecule is NS(=O)(=O)c1ccccc1N[C]=O. The lowest BCUT2D eigenvalue weighted by molar-refractivity contribution is 0.561. The smallest absolute Gasteiger partial charge is 0.314 e. The number of rotatable bonds is 3. The molecule has 0 fully saturated rings. The van der Waals surface area contributed by atoms with Crippen molar-refractivity contribution in [3.05, 3.63) is 24.3 Å². The summed E-state index contributed by atoms with van der Waals surface area (Å²) in [6, 6.07) is 5.81. The molecule has 1 rings (SSSR count). The van der Waals surface area contributed by atoms with Crippen molar-refractivity contribution in [3.8, 4) is 0 Å². The summed E-state index contributed by atoms with van der Waals surface area (Å²) in [7, 11) is -3.80. The van der Waals surface area contributed by atoms with Gasteiger partial charge in [0, 0.05) is 0 Å². The fraction of sp³-hybridized carbons (Fsp3) is 0. The molecule has 0 spiro atoms. The van der Waals surface area contributed by atoms with Crippen LogP contribution in [-0.4, -0.2) is 14.8 Å². The maximum absolute atomic E-state index is 10.9. The first-order valence-electron chi connectivity index (χ1n) is 3.30. The highest BCUT2D eigenvalue weighted by atomic mass is 32.2. The molecule has 3 N–H and O–H groups in total. The van der Waals surface area contributed by atoms with Crippen LogP contribution in [0.1, 0.15) is 0 Å². The number of benzene rings is 1. The Morgan fingerprint density at radius 1 is 1.31 bits per heavy atom. The Hall–Kier alpha value is -1.40. The van der Waals surface area contributed by atoms with E-state index in [0.717, 1.165) is 0 Å². The zero-order valence-electron chi connectivity index (χ0n) is 6.52. The molecule has 1 radical (unpaired) electrons. The van der Waals surface area contributed by atoms with Crippen LogP contribution in [0.3, 0.4) is 0 Å². The molecular weight excluding hydrogens is 192 g/mol. The van der Waals surface area contributed by atoms with E-state index in [9.17, 15) is 13.2 Å². The van der Waals surface area contributed by atoms with Crippen LogP contribution >= 0.6 is 0 Å². The van der Waals surface area contributed by atoms with E-state index < -0.39 is 10.0 Å². The van der Waals surface area contributed by atoms with Crippen molar-refractivity contribution in [2.24, 2.45) is 5.14 Å². The predicted octanol–water partition coefficient (Wildman–Crippen LogP) is -0.187. The van der Waals surface area contributed by atoms with Gasteiger partial charge in [0.15, 0.2) is 0 Å². The van der Waals surface area contributed by atoms with Gasteiger partial charge in [0.05, 0.1) is 5.69 Å². The Kier molecular flexibility index (Phi) is 2.64. The molecular formula is C7H7N2O3S. The number of carbonyl (C=O) groups excluding carboxylic acids is 1. The Labute approximate surface area is 75.6 Å². The second-order valence-corrected chi connectivity index (χ2v) is 3.80. The molecule has 0 saturated heterocycles. The molecule has 0 aliphatic rings. The summed E-state index contributed by atoms with van der Waals surface area (Å²) in [6.07, 6.45) is 1.38. The third-order valence-corrected chi connectivity index (χ3v) is 2.35. The summed E-state index contributed by atoms with van der Waals surface area (Å²) in [4.78, 5) is 9.86. The van der Waals surface area contributed by atoms with Gasteiger partial charge in [-0.1, -0.05) is 12.1 Å². The highest BCUT2D eigenvalue weighted by Gasteiger charge is 2.12. The summed E-state index contributed by atoms with van der Waals surface area (Å²) in [5, 5.41) is 7.01. The molecule has 0 unspecified atom stereocenters. The second-order valence-electron chi connectivity index (χ2n) is 2.27. The van der Waals surface area contributed by atoms with Crippen LogP contribution in [0.2, 0.25) is 0 Å². The number of hydrogen-bond acceptors (Lipinski definition) is 3. The standard InChI is InChI=1S/C7H7N2O3S/c8-13(11,12)7-4-2-1-3-6(7)9-5-10/h1-4H,(H,9,10)(H2,8,11,12). The van der Waals surface area contributed by atoms with E-state index in [2.05, 4.69) is 5.32 Å².